The molecule has 2 aliphatic rings. The molecule has 1 saturated heterocycles. The Bertz CT molecular complexity index is 456. The van der Waals surface area contributed by atoms with Gasteiger partial charge in [0.15, 0.2) is 0 Å². The molecule has 0 bridgehead atoms. The summed E-state index contributed by atoms with van der Waals surface area (Å²) in [5.74, 6) is 0.955. The van der Waals surface area contributed by atoms with Crippen LogP contribution in [0.3, 0.4) is 0 Å². The van der Waals surface area contributed by atoms with Crippen LogP contribution in [0.25, 0.3) is 0 Å². The van der Waals surface area contributed by atoms with Gasteiger partial charge in [-0.3, -0.25) is 0 Å². The van der Waals surface area contributed by atoms with Crippen molar-refractivity contribution < 1.29 is 4.74 Å². The molecule has 21 heavy (non-hydrogen) atoms. The molecule has 1 unspecified atom stereocenters. The molecule has 2 fully saturated rings. The Morgan fingerprint density at radius 2 is 1.90 bits per heavy atom. The number of nitrogens with one attached hydrogen (secondary N) is 1. The van der Waals surface area contributed by atoms with Crippen LogP contribution in [-0.4, -0.2) is 35.3 Å². The van der Waals surface area contributed by atoms with Crippen LogP contribution in [0.5, 0.6) is 0 Å². The van der Waals surface area contributed by atoms with E-state index in [0.717, 1.165) is 55.7 Å². The number of nitrogens with zero attached hydrogens (tertiary/aromatic N) is 2. The van der Waals surface area contributed by atoms with Gasteiger partial charge in [0, 0.05) is 30.5 Å². The fourth-order valence-electron chi connectivity index (χ4n) is 3.13. The molecule has 0 aromatic carbocycles. The SMILES string of the molecule is Cc1nc(CC2CCCO2)nc(C)c1CCCNC1CC1. The molecule has 1 N–H and O–H groups in total. The maximum Gasteiger partial charge on any atom is 0.131 e. The van der Waals surface area contributed by atoms with Crippen molar-refractivity contribution in [2.75, 3.05) is 13.2 Å². The van der Waals surface area contributed by atoms with Crippen LogP contribution in [-0.2, 0) is 17.6 Å². The quantitative estimate of drug-likeness (QED) is 0.784. The second-order valence-corrected chi connectivity index (χ2v) is 6.46. The van der Waals surface area contributed by atoms with Gasteiger partial charge in [0.25, 0.3) is 0 Å². The van der Waals surface area contributed by atoms with E-state index in [1.807, 2.05) is 0 Å². The summed E-state index contributed by atoms with van der Waals surface area (Å²) in [6, 6.07) is 0.803. The van der Waals surface area contributed by atoms with E-state index in [0.29, 0.717) is 6.10 Å². The van der Waals surface area contributed by atoms with Gasteiger partial charge in [0.05, 0.1) is 6.10 Å². The molecule has 1 saturated carbocycles. The zero-order valence-corrected chi connectivity index (χ0v) is 13.3. The zero-order chi connectivity index (χ0) is 14.7. The summed E-state index contributed by atoms with van der Waals surface area (Å²) in [6.45, 7) is 6.25. The zero-order valence-electron chi connectivity index (χ0n) is 13.3. The first kappa shape index (κ1) is 14.9. The maximum atomic E-state index is 5.69. The summed E-state index contributed by atoms with van der Waals surface area (Å²) in [5, 5.41) is 3.57. The standard InChI is InChI=1S/C17H27N3O/c1-12-16(6-3-9-18-14-7-8-14)13(2)20-17(19-12)11-15-5-4-10-21-15/h14-15,18H,3-11H2,1-2H3. The molecule has 0 amide bonds. The number of aromatic nitrogens is 2. The molecular formula is C17H27N3O. The van der Waals surface area contributed by atoms with E-state index < -0.39 is 0 Å². The van der Waals surface area contributed by atoms with Gasteiger partial charge < -0.3 is 10.1 Å². The molecule has 0 radical (unpaired) electrons. The van der Waals surface area contributed by atoms with Gasteiger partial charge in [-0.1, -0.05) is 0 Å². The maximum absolute atomic E-state index is 5.69. The third-order valence-electron chi connectivity index (χ3n) is 4.52. The second kappa shape index (κ2) is 6.84. The first-order chi connectivity index (χ1) is 10.2. The smallest absolute Gasteiger partial charge is 0.131 e. The van der Waals surface area contributed by atoms with Gasteiger partial charge in [-0.05, 0) is 64.5 Å². The van der Waals surface area contributed by atoms with Gasteiger partial charge in [0.1, 0.15) is 5.82 Å². The molecule has 0 spiro atoms. The number of hydrogen-bond donors (Lipinski definition) is 1. The summed E-state index contributed by atoms with van der Waals surface area (Å²) in [6.07, 6.45) is 8.50. The van der Waals surface area contributed by atoms with E-state index in [9.17, 15) is 0 Å². The highest BCUT2D eigenvalue weighted by Crippen LogP contribution is 2.20. The van der Waals surface area contributed by atoms with Crippen molar-refractivity contribution in [3.63, 3.8) is 0 Å². The molecule has 4 nitrogen and oxygen atoms in total. The first-order valence-corrected chi connectivity index (χ1v) is 8.40. The van der Waals surface area contributed by atoms with Crippen LogP contribution in [0.2, 0.25) is 0 Å². The normalized spacial score (nSPS) is 21.9. The van der Waals surface area contributed by atoms with Gasteiger partial charge in [0.2, 0.25) is 0 Å². The molecular weight excluding hydrogens is 262 g/mol. The third kappa shape index (κ3) is 4.24. The van der Waals surface area contributed by atoms with Crippen LogP contribution < -0.4 is 5.32 Å². The average molecular weight is 289 g/mol. The second-order valence-electron chi connectivity index (χ2n) is 6.46. The largest absolute Gasteiger partial charge is 0.378 e. The van der Waals surface area contributed by atoms with Crippen LogP contribution >= 0.6 is 0 Å². The van der Waals surface area contributed by atoms with Crippen molar-refractivity contribution in [1.29, 1.82) is 0 Å². The Morgan fingerprint density at radius 1 is 1.14 bits per heavy atom. The lowest BCUT2D eigenvalue weighted by atomic mass is 10.1. The Labute approximate surface area is 127 Å². The predicted octanol–water partition coefficient (Wildman–Crippen LogP) is 2.50. The van der Waals surface area contributed by atoms with Crippen molar-refractivity contribution in [3.05, 3.63) is 22.8 Å². The number of hydrogen-bond acceptors (Lipinski definition) is 4. The number of rotatable bonds is 7. The van der Waals surface area contributed by atoms with E-state index in [4.69, 9.17) is 14.7 Å². The predicted molar refractivity (Wildman–Crippen MR) is 83.5 cm³/mol. The van der Waals surface area contributed by atoms with E-state index in [-0.39, 0.29) is 0 Å². The van der Waals surface area contributed by atoms with E-state index in [1.165, 1.54) is 31.2 Å². The molecule has 1 atom stereocenters. The molecule has 1 aromatic heterocycles. The lowest BCUT2D eigenvalue weighted by molar-refractivity contribution is 0.110. The van der Waals surface area contributed by atoms with E-state index >= 15 is 0 Å². The molecule has 116 valence electrons. The van der Waals surface area contributed by atoms with Crippen molar-refractivity contribution in [1.82, 2.24) is 15.3 Å². The average Bonchev–Trinajstić information content (AvgIpc) is 3.13. The molecule has 1 aliphatic carbocycles. The third-order valence-corrected chi connectivity index (χ3v) is 4.52. The lowest BCUT2D eigenvalue weighted by Crippen LogP contribution is -2.18. The van der Waals surface area contributed by atoms with Gasteiger partial charge in [-0.15, -0.1) is 0 Å². The minimum absolute atomic E-state index is 0.331. The van der Waals surface area contributed by atoms with E-state index in [2.05, 4.69) is 19.2 Å². The fourth-order valence-corrected chi connectivity index (χ4v) is 3.13. The van der Waals surface area contributed by atoms with E-state index in [1.54, 1.807) is 0 Å². The van der Waals surface area contributed by atoms with Crippen LogP contribution in [0, 0.1) is 13.8 Å². The molecule has 1 aliphatic heterocycles. The first-order valence-electron chi connectivity index (χ1n) is 8.40. The monoisotopic (exact) mass is 289 g/mol. The highest BCUT2D eigenvalue weighted by Gasteiger charge is 2.20. The Kier molecular flexibility index (Phi) is 4.86. The fraction of sp³-hybridized carbons (Fsp3) is 0.765. The Morgan fingerprint density at radius 3 is 2.52 bits per heavy atom. The van der Waals surface area contributed by atoms with Gasteiger partial charge >= 0.3 is 0 Å². The summed E-state index contributed by atoms with van der Waals surface area (Å²) >= 11 is 0. The van der Waals surface area contributed by atoms with Crippen LogP contribution in [0.1, 0.15) is 54.9 Å². The molecule has 3 rings (SSSR count). The van der Waals surface area contributed by atoms with Crippen LogP contribution in [0.15, 0.2) is 0 Å². The summed E-state index contributed by atoms with van der Waals surface area (Å²) in [7, 11) is 0. The molecule has 2 heterocycles. The Balaban J connectivity index is 1.55. The summed E-state index contributed by atoms with van der Waals surface area (Å²) in [5.41, 5.74) is 3.65. The Hall–Kier alpha value is -1.00. The number of ether oxygens (including phenoxy) is 1. The minimum atomic E-state index is 0.331. The van der Waals surface area contributed by atoms with Gasteiger partial charge in [-0.2, -0.15) is 0 Å². The van der Waals surface area contributed by atoms with Gasteiger partial charge in [-0.25, -0.2) is 9.97 Å². The number of aryl methyl sites for hydroxylation is 2. The van der Waals surface area contributed by atoms with Crippen molar-refractivity contribution in [2.24, 2.45) is 0 Å². The molecule has 1 aromatic rings. The summed E-state index contributed by atoms with van der Waals surface area (Å²) < 4.78 is 5.69. The minimum Gasteiger partial charge on any atom is -0.378 e. The summed E-state index contributed by atoms with van der Waals surface area (Å²) in [4.78, 5) is 9.42. The van der Waals surface area contributed by atoms with Crippen LogP contribution in [0.4, 0.5) is 0 Å². The van der Waals surface area contributed by atoms with Crippen molar-refractivity contribution in [2.45, 2.75) is 70.9 Å². The highest BCUT2D eigenvalue weighted by molar-refractivity contribution is 5.24. The van der Waals surface area contributed by atoms with Crippen molar-refractivity contribution in [3.8, 4) is 0 Å². The topological polar surface area (TPSA) is 47.0 Å². The molecule has 4 heteroatoms. The lowest BCUT2D eigenvalue weighted by Gasteiger charge is -2.13. The highest BCUT2D eigenvalue weighted by atomic mass is 16.5. The van der Waals surface area contributed by atoms with Crippen molar-refractivity contribution >= 4 is 0 Å².